The highest BCUT2D eigenvalue weighted by atomic mass is 32.2. The van der Waals surface area contributed by atoms with Crippen LogP contribution in [0.1, 0.15) is 65.7 Å². The first-order chi connectivity index (χ1) is 10.2. The Morgan fingerprint density at radius 2 is 1.86 bits per heavy atom. The van der Waals surface area contributed by atoms with E-state index in [0.29, 0.717) is 18.3 Å². The van der Waals surface area contributed by atoms with Crippen LogP contribution in [0, 0.1) is 22.7 Å². The van der Waals surface area contributed by atoms with Gasteiger partial charge in [-0.05, 0) is 42.9 Å². The van der Waals surface area contributed by atoms with Crippen LogP contribution in [0.3, 0.4) is 0 Å². The third kappa shape index (κ3) is 2.44. The maximum atomic E-state index is 12.8. The van der Waals surface area contributed by atoms with Crippen LogP contribution >= 0.6 is 0 Å². The van der Waals surface area contributed by atoms with Gasteiger partial charge in [-0.2, -0.15) is 0 Å². The van der Waals surface area contributed by atoms with Gasteiger partial charge >= 0.3 is 0 Å². The first kappa shape index (κ1) is 16.4. The molecule has 3 rings (SSSR count). The number of carbonyl (C=O) groups excluding carboxylic acids is 1. The molecule has 126 valence electrons. The van der Waals surface area contributed by atoms with Crippen LogP contribution < -0.4 is 4.72 Å². The standard InChI is InChI=1S/C17H29NO3S/c1-12-6-4-5-7-14(12)18-22(20,21)11-17-9-8-13(10-15(17)19)16(17,2)3/h12-14,18H,4-11H2,1-3H3/t12-,13+,14+,17+/m1/s1. The number of ketones is 1. The van der Waals surface area contributed by atoms with E-state index in [2.05, 4.69) is 25.5 Å². The van der Waals surface area contributed by atoms with Crippen molar-refractivity contribution in [1.82, 2.24) is 4.72 Å². The molecule has 0 radical (unpaired) electrons. The zero-order valence-electron chi connectivity index (χ0n) is 14.0. The molecular weight excluding hydrogens is 298 g/mol. The molecule has 3 fully saturated rings. The van der Waals surface area contributed by atoms with Crippen LogP contribution in [0.15, 0.2) is 0 Å². The summed E-state index contributed by atoms with van der Waals surface area (Å²) in [4.78, 5) is 12.5. The van der Waals surface area contributed by atoms with Gasteiger partial charge in [0.05, 0.1) is 5.75 Å². The van der Waals surface area contributed by atoms with E-state index in [0.717, 1.165) is 32.1 Å². The van der Waals surface area contributed by atoms with Crippen LogP contribution in [-0.2, 0) is 14.8 Å². The number of Topliss-reactive ketones (excluding diaryl/α,β-unsaturated/α-hetero) is 1. The van der Waals surface area contributed by atoms with Crippen molar-refractivity contribution < 1.29 is 13.2 Å². The predicted octanol–water partition coefficient (Wildman–Crippen LogP) is 2.88. The van der Waals surface area contributed by atoms with Gasteiger partial charge in [0, 0.05) is 17.9 Å². The predicted molar refractivity (Wildman–Crippen MR) is 86.9 cm³/mol. The minimum atomic E-state index is -3.42. The third-order valence-corrected chi connectivity index (χ3v) is 8.55. The number of sulfonamides is 1. The molecule has 0 amide bonds. The van der Waals surface area contributed by atoms with E-state index in [1.54, 1.807) is 0 Å². The zero-order chi connectivity index (χ0) is 16.2. The maximum absolute atomic E-state index is 12.8. The molecule has 0 aromatic heterocycles. The molecule has 0 spiro atoms. The molecule has 22 heavy (non-hydrogen) atoms. The van der Waals surface area contributed by atoms with Crippen molar-refractivity contribution >= 4 is 15.8 Å². The normalized spacial score (nSPS) is 41.0. The SMILES string of the molecule is C[C@@H]1CCCC[C@@H]1NS(=O)(=O)C[C@@]12CC[C@@H](CC1=O)C2(C)C. The maximum Gasteiger partial charge on any atom is 0.212 e. The van der Waals surface area contributed by atoms with E-state index >= 15 is 0 Å². The number of hydrogen-bond acceptors (Lipinski definition) is 3. The lowest BCUT2D eigenvalue weighted by Gasteiger charge is -2.37. The molecule has 3 aliphatic rings. The lowest BCUT2D eigenvalue weighted by Crippen LogP contribution is -2.49. The molecule has 0 saturated heterocycles. The summed E-state index contributed by atoms with van der Waals surface area (Å²) >= 11 is 0. The summed E-state index contributed by atoms with van der Waals surface area (Å²) in [5, 5.41) is 0. The summed E-state index contributed by atoms with van der Waals surface area (Å²) in [6, 6.07) is 0.0481. The topological polar surface area (TPSA) is 63.2 Å². The second kappa shape index (κ2) is 5.30. The van der Waals surface area contributed by atoms with Gasteiger partial charge in [-0.1, -0.05) is 33.6 Å². The van der Waals surface area contributed by atoms with E-state index in [4.69, 9.17) is 0 Å². The number of rotatable bonds is 4. The monoisotopic (exact) mass is 327 g/mol. The lowest BCUT2D eigenvalue weighted by molar-refractivity contribution is -0.128. The number of fused-ring (bicyclic) bond motifs is 2. The molecule has 0 aromatic carbocycles. The smallest absolute Gasteiger partial charge is 0.212 e. The average molecular weight is 327 g/mol. The van der Waals surface area contributed by atoms with E-state index < -0.39 is 15.4 Å². The fourth-order valence-corrected chi connectivity index (χ4v) is 7.42. The molecule has 0 aliphatic heterocycles. The van der Waals surface area contributed by atoms with Crippen LogP contribution in [0.2, 0.25) is 0 Å². The molecule has 4 atom stereocenters. The van der Waals surface area contributed by atoms with Crippen molar-refractivity contribution in [2.24, 2.45) is 22.7 Å². The molecule has 1 N–H and O–H groups in total. The van der Waals surface area contributed by atoms with Crippen LogP contribution in [0.4, 0.5) is 0 Å². The summed E-state index contributed by atoms with van der Waals surface area (Å²) in [6.07, 6.45) is 6.60. The quantitative estimate of drug-likeness (QED) is 0.863. The highest BCUT2D eigenvalue weighted by molar-refractivity contribution is 7.89. The van der Waals surface area contributed by atoms with Crippen LogP contribution in [-0.4, -0.2) is 26.0 Å². The largest absolute Gasteiger partial charge is 0.299 e. The van der Waals surface area contributed by atoms with Gasteiger partial charge in [0.25, 0.3) is 0 Å². The Morgan fingerprint density at radius 1 is 1.18 bits per heavy atom. The molecule has 2 bridgehead atoms. The fourth-order valence-electron chi connectivity index (χ4n) is 5.20. The second-order valence-corrected chi connectivity index (χ2v) is 10.2. The van der Waals surface area contributed by atoms with E-state index in [-0.39, 0.29) is 23.0 Å². The first-order valence-electron chi connectivity index (χ1n) is 8.71. The van der Waals surface area contributed by atoms with Gasteiger partial charge in [-0.3, -0.25) is 4.79 Å². The molecule has 0 heterocycles. The molecule has 3 aliphatic carbocycles. The second-order valence-electron chi connectivity index (χ2n) is 8.41. The lowest BCUT2D eigenvalue weighted by atomic mass is 9.70. The van der Waals surface area contributed by atoms with Crippen LogP contribution in [0.5, 0.6) is 0 Å². The zero-order valence-corrected chi connectivity index (χ0v) is 14.8. The average Bonchev–Trinajstić information content (AvgIpc) is 2.74. The van der Waals surface area contributed by atoms with E-state index in [1.807, 2.05) is 0 Å². The Balaban J connectivity index is 1.78. The van der Waals surface area contributed by atoms with Crippen LogP contribution in [0.25, 0.3) is 0 Å². The Kier molecular flexibility index (Phi) is 3.96. The van der Waals surface area contributed by atoms with E-state index in [1.165, 1.54) is 6.42 Å². The molecule has 3 saturated carbocycles. The van der Waals surface area contributed by atoms with Gasteiger partial charge in [-0.25, -0.2) is 13.1 Å². The van der Waals surface area contributed by atoms with E-state index in [9.17, 15) is 13.2 Å². The van der Waals surface area contributed by atoms with Gasteiger partial charge in [0.15, 0.2) is 0 Å². The van der Waals surface area contributed by atoms with Crippen molar-refractivity contribution in [1.29, 1.82) is 0 Å². The highest BCUT2D eigenvalue weighted by Crippen LogP contribution is 2.64. The molecule has 0 unspecified atom stereocenters. The third-order valence-electron chi connectivity index (χ3n) is 7.02. The summed E-state index contributed by atoms with van der Waals surface area (Å²) in [6.45, 7) is 6.31. The fraction of sp³-hybridized carbons (Fsp3) is 0.941. The number of carbonyl (C=O) groups is 1. The minimum absolute atomic E-state index is 0.00838. The van der Waals surface area contributed by atoms with Gasteiger partial charge in [0.2, 0.25) is 10.0 Å². The minimum Gasteiger partial charge on any atom is -0.299 e. The Morgan fingerprint density at radius 3 is 2.41 bits per heavy atom. The van der Waals surface area contributed by atoms with Gasteiger partial charge in [-0.15, -0.1) is 0 Å². The van der Waals surface area contributed by atoms with Gasteiger partial charge < -0.3 is 0 Å². The van der Waals surface area contributed by atoms with Crippen molar-refractivity contribution in [2.45, 2.75) is 71.8 Å². The first-order valence-corrected chi connectivity index (χ1v) is 10.4. The summed E-state index contributed by atoms with van der Waals surface area (Å²) < 4.78 is 28.4. The molecular formula is C17H29NO3S. The number of nitrogens with one attached hydrogen (secondary N) is 1. The van der Waals surface area contributed by atoms with Crippen molar-refractivity contribution in [3.63, 3.8) is 0 Å². The molecule has 5 heteroatoms. The Bertz CT molecular complexity index is 568. The molecule has 0 aromatic rings. The number of hydrogen-bond donors (Lipinski definition) is 1. The van der Waals surface area contributed by atoms with Crippen molar-refractivity contribution in [3.05, 3.63) is 0 Å². The molecule has 4 nitrogen and oxygen atoms in total. The Hall–Kier alpha value is -0.420. The summed E-state index contributed by atoms with van der Waals surface area (Å²) in [7, 11) is -3.42. The van der Waals surface area contributed by atoms with Crippen molar-refractivity contribution in [2.75, 3.05) is 5.75 Å². The highest BCUT2D eigenvalue weighted by Gasteiger charge is 2.65. The van der Waals surface area contributed by atoms with Crippen molar-refractivity contribution in [3.8, 4) is 0 Å². The van der Waals surface area contributed by atoms with Gasteiger partial charge in [0.1, 0.15) is 5.78 Å². The summed E-state index contributed by atoms with van der Waals surface area (Å²) in [5.41, 5.74) is -0.835. The summed E-state index contributed by atoms with van der Waals surface area (Å²) in [5.74, 6) is 0.926. The Labute approximate surface area is 134 Å².